The molecule has 1 fully saturated rings. The predicted octanol–water partition coefficient (Wildman–Crippen LogP) is 6.79. The van der Waals surface area contributed by atoms with Crippen molar-refractivity contribution in [2.45, 2.75) is 39.0 Å². The Balaban J connectivity index is 1.62. The third kappa shape index (κ3) is 5.45. The van der Waals surface area contributed by atoms with Crippen LogP contribution in [0.2, 0.25) is 0 Å². The van der Waals surface area contributed by atoms with Gasteiger partial charge in [-0.3, -0.25) is 0 Å². The molecule has 0 amide bonds. The molecule has 4 rings (SSSR count). The number of phenols is 1. The zero-order chi connectivity index (χ0) is 21.5. The van der Waals surface area contributed by atoms with Crippen LogP contribution in [0, 0.1) is 0 Å². The molecule has 0 spiro atoms. The van der Waals surface area contributed by atoms with Crippen LogP contribution in [0.4, 0.5) is 0 Å². The third-order valence-corrected chi connectivity index (χ3v) is 6.31. The first kappa shape index (κ1) is 21.4. The molecule has 0 radical (unpaired) electrons. The van der Waals surface area contributed by atoms with E-state index in [4.69, 9.17) is 0 Å². The van der Waals surface area contributed by atoms with E-state index in [1.807, 2.05) is 12.1 Å². The van der Waals surface area contributed by atoms with Crippen LogP contribution in [-0.2, 0) is 6.42 Å². The van der Waals surface area contributed by atoms with Crippen LogP contribution in [0.5, 0.6) is 5.75 Å². The predicted molar refractivity (Wildman–Crippen MR) is 131 cm³/mol. The molecule has 160 valence electrons. The maximum atomic E-state index is 9.80. The monoisotopic (exact) mass is 411 g/mol. The van der Waals surface area contributed by atoms with Gasteiger partial charge in [-0.15, -0.1) is 0 Å². The van der Waals surface area contributed by atoms with E-state index in [2.05, 4.69) is 66.4 Å². The number of hydrogen-bond acceptors (Lipinski definition) is 2. The van der Waals surface area contributed by atoms with Crippen molar-refractivity contribution < 1.29 is 5.11 Å². The minimum atomic E-state index is 0.300. The molecule has 1 aliphatic rings. The molecule has 2 nitrogen and oxygen atoms in total. The molecule has 1 saturated heterocycles. The van der Waals surface area contributed by atoms with E-state index in [9.17, 15) is 5.11 Å². The number of aromatic hydroxyl groups is 1. The van der Waals surface area contributed by atoms with Gasteiger partial charge >= 0.3 is 0 Å². The van der Waals surface area contributed by atoms with Crippen LogP contribution in [0.25, 0.3) is 11.1 Å². The number of benzene rings is 3. The maximum Gasteiger partial charge on any atom is 0.115 e. The molecule has 0 unspecified atom stereocenters. The van der Waals surface area contributed by atoms with Gasteiger partial charge in [0.25, 0.3) is 0 Å². The van der Waals surface area contributed by atoms with Crippen molar-refractivity contribution in [1.29, 1.82) is 0 Å². The van der Waals surface area contributed by atoms with Gasteiger partial charge in [-0.05, 0) is 97.3 Å². The van der Waals surface area contributed by atoms with Crippen LogP contribution < -0.4 is 0 Å². The summed E-state index contributed by atoms with van der Waals surface area (Å²) < 4.78 is 0. The lowest BCUT2D eigenvalue weighted by Crippen LogP contribution is -2.20. The summed E-state index contributed by atoms with van der Waals surface area (Å²) in [4.78, 5) is 2.59. The van der Waals surface area contributed by atoms with E-state index >= 15 is 0 Å². The molecule has 2 heteroatoms. The fourth-order valence-electron chi connectivity index (χ4n) is 4.66. The second-order valence-electron chi connectivity index (χ2n) is 8.47. The van der Waals surface area contributed by atoms with Crippen molar-refractivity contribution in [2.75, 3.05) is 19.6 Å². The zero-order valence-electron chi connectivity index (χ0n) is 18.6. The second kappa shape index (κ2) is 10.5. The topological polar surface area (TPSA) is 23.5 Å². The summed E-state index contributed by atoms with van der Waals surface area (Å²) in [5.74, 6) is 0.300. The molecule has 0 atom stereocenters. The third-order valence-electron chi connectivity index (χ3n) is 6.31. The summed E-state index contributed by atoms with van der Waals surface area (Å²) in [5.41, 5.74) is 7.61. The van der Waals surface area contributed by atoms with E-state index in [1.165, 1.54) is 66.7 Å². The summed E-state index contributed by atoms with van der Waals surface area (Å²) >= 11 is 0. The fraction of sp³-hybridized carbons (Fsp3) is 0.310. The fourth-order valence-corrected chi connectivity index (χ4v) is 4.66. The lowest BCUT2D eigenvalue weighted by Gasteiger charge is -2.17. The van der Waals surface area contributed by atoms with Crippen LogP contribution >= 0.6 is 0 Å². The Morgan fingerprint density at radius 3 is 2.00 bits per heavy atom. The van der Waals surface area contributed by atoms with Crippen molar-refractivity contribution >= 4 is 11.1 Å². The number of nitrogens with zero attached hydrogens (tertiary/aromatic N) is 1. The Hall–Kier alpha value is -2.84. The lowest BCUT2D eigenvalue weighted by molar-refractivity contribution is 0.334. The molecule has 1 aliphatic heterocycles. The molecule has 1 N–H and O–H groups in total. The zero-order valence-corrected chi connectivity index (χ0v) is 18.6. The number of rotatable bonds is 8. The summed E-state index contributed by atoms with van der Waals surface area (Å²) in [6.45, 7) is 5.99. The highest BCUT2D eigenvalue weighted by Crippen LogP contribution is 2.35. The normalized spacial score (nSPS) is 15.1. The highest BCUT2D eigenvalue weighted by Gasteiger charge is 2.14. The Kier molecular flexibility index (Phi) is 7.22. The first-order valence-corrected chi connectivity index (χ1v) is 11.6. The number of hydrogen-bond donors (Lipinski definition) is 1. The Morgan fingerprint density at radius 2 is 1.39 bits per heavy atom. The van der Waals surface area contributed by atoms with Gasteiger partial charge < -0.3 is 10.0 Å². The largest absolute Gasteiger partial charge is 0.508 e. The molecule has 1 heterocycles. The SMILES string of the molecule is CCC(=C(c1ccc(O)cc1)c1ccc(CCCN2CCCC2)cc1)c1ccccc1. The van der Waals surface area contributed by atoms with E-state index < -0.39 is 0 Å². The Labute approximate surface area is 186 Å². The average molecular weight is 412 g/mol. The van der Waals surface area contributed by atoms with Gasteiger partial charge in [0.2, 0.25) is 0 Å². The van der Waals surface area contributed by atoms with E-state index in [1.54, 1.807) is 12.1 Å². The molecule has 0 bridgehead atoms. The van der Waals surface area contributed by atoms with E-state index in [-0.39, 0.29) is 0 Å². The smallest absolute Gasteiger partial charge is 0.115 e. The second-order valence-corrected chi connectivity index (χ2v) is 8.47. The van der Waals surface area contributed by atoms with Crippen molar-refractivity contribution in [2.24, 2.45) is 0 Å². The first-order valence-electron chi connectivity index (χ1n) is 11.6. The van der Waals surface area contributed by atoms with Crippen molar-refractivity contribution in [3.8, 4) is 5.75 Å². The molecular weight excluding hydrogens is 378 g/mol. The first-order chi connectivity index (χ1) is 15.2. The van der Waals surface area contributed by atoms with Gasteiger partial charge in [-0.1, -0.05) is 73.7 Å². The standard InChI is InChI=1S/C29H33NO/c1-2-28(24-10-4-3-5-11-24)29(26-16-18-27(31)19-17-26)25-14-12-23(13-15-25)9-8-22-30-20-6-7-21-30/h3-5,10-19,31H,2,6-9,20-22H2,1H3. The summed E-state index contributed by atoms with van der Waals surface area (Å²) in [5, 5.41) is 9.80. The molecule has 0 aromatic heterocycles. The molecule has 3 aromatic carbocycles. The summed E-state index contributed by atoms with van der Waals surface area (Å²) in [7, 11) is 0. The van der Waals surface area contributed by atoms with E-state index in [0.29, 0.717) is 5.75 Å². The van der Waals surface area contributed by atoms with Gasteiger partial charge in [0.05, 0.1) is 0 Å². The highest BCUT2D eigenvalue weighted by atomic mass is 16.3. The van der Waals surface area contributed by atoms with Gasteiger partial charge in [-0.25, -0.2) is 0 Å². The number of phenolic OH excluding ortho intramolecular Hbond substituents is 1. The molecular formula is C29H33NO. The average Bonchev–Trinajstić information content (AvgIpc) is 3.33. The Morgan fingerprint density at radius 1 is 0.774 bits per heavy atom. The van der Waals surface area contributed by atoms with E-state index in [0.717, 1.165) is 18.4 Å². The van der Waals surface area contributed by atoms with Gasteiger partial charge in [-0.2, -0.15) is 0 Å². The number of likely N-dealkylation sites (tertiary alicyclic amines) is 1. The Bertz CT molecular complexity index is 981. The van der Waals surface area contributed by atoms with Crippen LogP contribution in [-0.4, -0.2) is 29.6 Å². The minimum absolute atomic E-state index is 0.300. The summed E-state index contributed by atoms with van der Waals surface area (Å²) in [6, 6.07) is 27.4. The lowest BCUT2D eigenvalue weighted by atomic mass is 9.87. The van der Waals surface area contributed by atoms with Crippen molar-refractivity contribution in [3.05, 3.63) is 101 Å². The van der Waals surface area contributed by atoms with Crippen LogP contribution in [0.1, 0.15) is 54.9 Å². The number of aryl methyl sites for hydroxylation is 1. The van der Waals surface area contributed by atoms with Crippen LogP contribution in [0.15, 0.2) is 78.9 Å². The molecule has 3 aromatic rings. The summed E-state index contributed by atoms with van der Waals surface area (Å²) in [6.07, 6.45) is 6.03. The maximum absolute atomic E-state index is 9.80. The minimum Gasteiger partial charge on any atom is -0.508 e. The quantitative estimate of drug-likeness (QED) is 0.413. The van der Waals surface area contributed by atoms with Gasteiger partial charge in [0.15, 0.2) is 0 Å². The van der Waals surface area contributed by atoms with Gasteiger partial charge in [0, 0.05) is 0 Å². The molecule has 0 saturated carbocycles. The number of allylic oxidation sites excluding steroid dienone is 1. The van der Waals surface area contributed by atoms with Crippen molar-refractivity contribution in [1.82, 2.24) is 4.90 Å². The van der Waals surface area contributed by atoms with Crippen molar-refractivity contribution in [3.63, 3.8) is 0 Å². The highest BCUT2D eigenvalue weighted by molar-refractivity contribution is 5.98. The van der Waals surface area contributed by atoms with Crippen LogP contribution in [0.3, 0.4) is 0 Å². The molecule has 0 aliphatic carbocycles. The van der Waals surface area contributed by atoms with Gasteiger partial charge in [0.1, 0.15) is 5.75 Å². The molecule has 31 heavy (non-hydrogen) atoms.